The number of imidazole rings is 1. The van der Waals surface area contributed by atoms with Crippen molar-refractivity contribution in [1.82, 2.24) is 14.5 Å². The molecule has 0 spiro atoms. The zero-order valence-electron chi connectivity index (χ0n) is 12.2. The maximum absolute atomic E-state index is 9.47. The van der Waals surface area contributed by atoms with Gasteiger partial charge in [-0.3, -0.25) is 4.98 Å². The third-order valence-electron chi connectivity index (χ3n) is 3.32. The maximum Gasteiger partial charge on any atom is 0.204 e. The Kier molecular flexibility index (Phi) is 4.27. The Morgan fingerprint density at radius 2 is 2.09 bits per heavy atom. The number of pyridine rings is 1. The standard InChI is InChI=1S/C16H17ClN4O/c1-11(22)8-19-16-20-14-4-2-3-5-15(14)21(16)10-13-7-6-12(17)9-18-13/h2-7,9,11,22H,8,10H2,1H3,(H,19,20)/t11-/m0/s1. The first-order valence-corrected chi connectivity index (χ1v) is 7.49. The third kappa shape index (κ3) is 3.21. The lowest BCUT2D eigenvalue weighted by Gasteiger charge is -2.11. The summed E-state index contributed by atoms with van der Waals surface area (Å²) in [4.78, 5) is 8.92. The molecule has 0 saturated carbocycles. The first kappa shape index (κ1) is 14.8. The number of halogens is 1. The van der Waals surface area contributed by atoms with Crippen LogP contribution in [0.4, 0.5) is 5.95 Å². The van der Waals surface area contributed by atoms with Crippen LogP contribution in [0.15, 0.2) is 42.6 Å². The minimum atomic E-state index is -0.443. The number of nitrogens with one attached hydrogen (secondary N) is 1. The number of benzene rings is 1. The Morgan fingerprint density at radius 3 is 2.82 bits per heavy atom. The van der Waals surface area contributed by atoms with Crippen molar-refractivity contribution >= 4 is 28.6 Å². The van der Waals surface area contributed by atoms with Crippen LogP contribution >= 0.6 is 11.6 Å². The smallest absolute Gasteiger partial charge is 0.204 e. The molecule has 0 saturated heterocycles. The van der Waals surface area contributed by atoms with Gasteiger partial charge in [-0.1, -0.05) is 23.7 Å². The van der Waals surface area contributed by atoms with E-state index in [1.54, 1.807) is 13.1 Å². The highest BCUT2D eigenvalue weighted by molar-refractivity contribution is 6.30. The van der Waals surface area contributed by atoms with Crippen LogP contribution in [0.25, 0.3) is 11.0 Å². The van der Waals surface area contributed by atoms with Gasteiger partial charge in [0.2, 0.25) is 5.95 Å². The quantitative estimate of drug-likeness (QED) is 0.759. The Bertz CT molecular complexity index is 767. The van der Waals surface area contributed by atoms with Crippen LogP contribution in [0, 0.1) is 0 Å². The van der Waals surface area contributed by atoms with E-state index in [2.05, 4.69) is 15.3 Å². The predicted molar refractivity (Wildman–Crippen MR) is 88.3 cm³/mol. The van der Waals surface area contributed by atoms with E-state index < -0.39 is 6.10 Å². The lowest BCUT2D eigenvalue weighted by Crippen LogP contribution is -2.18. The molecule has 3 rings (SSSR count). The number of hydrogen-bond donors (Lipinski definition) is 2. The number of para-hydroxylation sites is 2. The second-order valence-electron chi connectivity index (χ2n) is 5.21. The topological polar surface area (TPSA) is 63.0 Å². The number of fused-ring (bicyclic) bond motifs is 1. The van der Waals surface area contributed by atoms with Crippen molar-refractivity contribution in [2.45, 2.75) is 19.6 Å². The molecule has 0 unspecified atom stereocenters. The molecule has 0 bridgehead atoms. The molecular weight excluding hydrogens is 300 g/mol. The van der Waals surface area contributed by atoms with Crippen LogP contribution in [0.2, 0.25) is 5.02 Å². The summed E-state index contributed by atoms with van der Waals surface area (Å²) in [7, 11) is 0. The van der Waals surface area contributed by atoms with E-state index in [-0.39, 0.29) is 0 Å². The Labute approximate surface area is 133 Å². The molecule has 0 aliphatic rings. The summed E-state index contributed by atoms with van der Waals surface area (Å²) in [5.41, 5.74) is 2.82. The van der Waals surface area contributed by atoms with Gasteiger partial charge in [0.05, 0.1) is 34.4 Å². The van der Waals surface area contributed by atoms with Gasteiger partial charge in [0, 0.05) is 12.7 Å². The summed E-state index contributed by atoms with van der Waals surface area (Å²) >= 11 is 5.88. The van der Waals surface area contributed by atoms with Crippen LogP contribution in [0.5, 0.6) is 0 Å². The van der Waals surface area contributed by atoms with E-state index in [9.17, 15) is 5.11 Å². The lowest BCUT2D eigenvalue weighted by molar-refractivity contribution is 0.208. The molecule has 114 valence electrons. The highest BCUT2D eigenvalue weighted by Crippen LogP contribution is 2.21. The van der Waals surface area contributed by atoms with E-state index >= 15 is 0 Å². The number of aliphatic hydroxyl groups is 1. The summed E-state index contributed by atoms with van der Waals surface area (Å²) in [6.45, 7) is 2.76. The minimum absolute atomic E-state index is 0.442. The monoisotopic (exact) mass is 316 g/mol. The first-order chi connectivity index (χ1) is 10.6. The first-order valence-electron chi connectivity index (χ1n) is 7.11. The molecule has 0 radical (unpaired) electrons. The van der Waals surface area contributed by atoms with Gasteiger partial charge < -0.3 is 15.0 Å². The maximum atomic E-state index is 9.47. The molecule has 0 fully saturated rings. The summed E-state index contributed by atoms with van der Waals surface area (Å²) in [6, 6.07) is 11.6. The predicted octanol–water partition coefficient (Wildman–Crippen LogP) is 2.93. The second kappa shape index (κ2) is 6.34. The third-order valence-corrected chi connectivity index (χ3v) is 3.54. The zero-order chi connectivity index (χ0) is 15.5. The molecule has 0 aliphatic heterocycles. The highest BCUT2D eigenvalue weighted by atomic mass is 35.5. The van der Waals surface area contributed by atoms with Crippen molar-refractivity contribution in [2.75, 3.05) is 11.9 Å². The number of aliphatic hydroxyl groups excluding tert-OH is 1. The van der Waals surface area contributed by atoms with E-state index in [4.69, 9.17) is 11.6 Å². The normalized spacial score (nSPS) is 12.5. The summed E-state index contributed by atoms with van der Waals surface area (Å²) in [5, 5.41) is 13.3. The fourth-order valence-electron chi connectivity index (χ4n) is 2.27. The molecule has 1 aromatic carbocycles. The molecule has 3 aromatic rings. The summed E-state index contributed by atoms with van der Waals surface area (Å²) in [6.07, 6.45) is 1.20. The molecule has 5 nitrogen and oxygen atoms in total. The molecule has 2 aromatic heterocycles. The number of nitrogens with zero attached hydrogens (tertiary/aromatic N) is 3. The van der Waals surface area contributed by atoms with Crippen molar-refractivity contribution in [3.63, 3.8) is 0 Å². The van der Waals surface area contributed by atoms with Gasteiger partial charge in [-0.2, -0.15) is 0 Å². The van der Waals surface area contributed by atoms with Crippen LogP contribution < -0.4 is 5.32 Å². The minimum Gasteiger partial charge on any atom is -0.392 e. The fourth-order valence-corrected chi connectivity index (χ4v) is 2.38. The molecule has 22 heavy (non-hydrogen) atoms. The Hall–Kier alpha value is -2.11. The lowest BCUT2D eigenvalue weighted by atomic mass is 10.3. The van der Waals surface area contributed by atoms with E-state index in [1.807, 2.05) is 41.0 Å². The number of rotatable bonds is 5. The summed E-state index contributed by atoms with van der Waals surface area (Å²) < 4.78 is 2.05. The summed E-state index contributed by atoms with van der Waals surface area (Å²) in [5.74, 6) is 0.721. The fraction of sp³-hybridized carbons (Fsp3) is 0.250. The van der Waals surface area contributed by atoms with Gasteiger partial charge in [-0.05, 0) is 31.2 Å². The molecule has 1 atom stereocenters. The van der Waals surface area contributed by atoms with Crippen molar-refractivity contribution in [1.29, 1.82) is 0 Å². The largest absolute Gasteiger partial charge is 0.392 e. The molecule has 0 aliphatic carbocycles. The number of aromatic nitrogens is 3. The second-order valence-corrected chi connectivity index (χ2v) is 5.64. The van der Waals surface area contributed by atoms with Crippen molar-refractivity contribution < 1.29 is 5.11 Å². The number of anilines is 1. The Morgan fingerprint density at radius 1 is 1.27 bits per heavy atom. The van der Waals surface area contributed by atoms with Gasteiger partial charge in [-0.15, -0.1) is 0 Å². The van der Waals surface area contributed by atoms with Crippen LogP contribution in [-0.4, -0.2) is 32.3 Å². The van der Waals surface area contributed by atoms with Crippen molar-refractivity contribution in [3.8, 4) is 0 Å². The Balaban J connectivity index is 1.97. The van der Waals surface area contributed by atoms with Gasteiger partial charge in [0.1, 0.15) is 0 Å². The average molecular weight is 317 g/mol. The average Bonchev–Trinajstić information content (AvgIpc) is 2.85. The number of hydrogen-bond acceptors (Lipinski definition) is 4. The van der Waals surface area contributed by atoms with E-state index in [0.717, 1.165) is 22.7 Å². The molecule has 2 N–H and O–H groups in total. The van der Waals surface area contributed by atoms with Crippen LogP contribution in [0.3, 0.4) is 0 Å². The van der Waals surface area contributed by atoms with Crippen molar-refractivity contribution in [3.05, 3.63) is 53.3 Å². The zero-order valence-corrected chi connectivity index (χ0v) is 13.0. The molecule has 6 heteroatoms. The SMILES string of the molecule is C[C@H](O)CNc1nc2ccccc2n1Cc1ccc(Cl)cn1. The van der Waals surface area contributed by atoms with E-state index in [1.165, 1.54) is 0 Å². The van der Waals surface area contributed by atoms with Crippen LogP contribution in [0.1, 0.15) is 12.6 Å². The van der Waals surface area contributed by atoms with Gasteiger partial charge >= 0.3 is 0 Å². The van der Waals surface area contributed by atoms with Gasteiger partial charge in [0.15, 0.2) is 0 Å². The van der Waals surface area contributed by atoms with Crippen molar-refractivity contribution in [2.24, 2.45) is 0 Å². The molecule has 0 amide bonds. The van der Waals surface area contributed by atoms with Gasteiger partial charge in [-0.25, -0.2) is 4.98 Å². The van der Waals surface area contributed by atoms with Crippen LogP contribution in [-0.2, 0) is 6.54 Å². The van der Waals surface area contributed by atoms with E-state index in [0.29, 0.717) is 18.1 Å². The highest BCUT2D eigenvalue weighted by Gasteiger charge is 2.11. The van der Waals surface area contributed by atoms with Gasteiger partial charge in [0.25, 0.3) is 0 Å². The molecule has 2 heterocycles. The molecular formula is C16H17ClN4O.